The summed E-state index contributed by atoms with van der Waals surface area (Å²) in [7, 11) is 0. The van der Waals surface area contributed by atoms with E-state index < -0.39 is 0 Å². The number of furan rings is 1. The minimum Gasteiger partial charge on any atom is -0.456 e. The molecule has 0 aliphatic rings. The highest BCUT2D eigenvalue weighted by molar-refractivity contribution is 6.14. The first-order valence-electron chi connectivity index (χ1n) is 18.8. The minimum absolute atomic E-state index is 0.632. The molecule has 0 aliphatic heterocycles. The average molecular weight is 717 g/mol. The molecule has 5 heteroatoms. The lowest BCUT2D eigenvalue weighted by Crippen LogP contribution is -2.00. The molecule has 3 heterocycles. The highest BCUT2D eigenvalue weighted by Crippen LogP contribution is 2.40. The van der Waals surface area contributed by atoms with Crippen molar-refractivity contribution in [3.63, 3.8) is 0 Å². The number of hydrogen-bond acceptors (Lipinski definition) is 4. The van der Waals surface area contributed by atoms with Crippen molar-refractivity contribution in [2.75, 3.05) is 0 Å². The van der Waals surface area contributed by atoms with Crippen molar-refractivity contribution in [2.45, 2.75) is 0 Å². The van der Waals surface area contributed by atoms with E-state index >= 15 is 0 Å². The number of benzene rings is 8. The Morgan fingerprint density at radius 1 is 0.339 bits per heavy atom. The Kier molecular flexibility index (Phi) is 7.42. The third kappa shape index (κ3) is 5.37. The van der Waals surface area contributed by atoms with Gasteiger partial charge in [0, 0.05) is 43.9 Å². The third-order valence-electron chi connectivity index (χ3n) is 10.7. The van der Waals surface area contributed by atoms with Crippen LogP contribution in [-0.4, -0.2) is 19.5 Å². The van der Waals surface area contributed by atoms with Crippen molar-refractivity contribution in [1.82, 2.24) is 19.5 Å². The fourth-order valence-electron chi connectivity index (χ4n) is 8.00. The van der Waals surface area contributed by atoms with Crippen LogP contribution in [0.25, 0.3) is 106 Å². The summed E-state index contributed by atoms with van der Waals surface area (Å²) >= 11 is 0. The summed E-state index contributed by atoms with van der Waals surface area (Å²) in [4.78, 5) is 14.9. The van der Waals surface area contributed by atoms with Crippen LogP contribution in [0.5, 0.6) is 0 Å². The number of aromatic nitrogens is 4. The predicted octanol–water partition coefficient (Wildman–Crippen LogP) is 13.2. The molecule has 0 spiro atoms. The van der Waals surface area contributed by atoms with Crippen LogP contribution in [0.4, 0.5) is 0 Å². The fourth-order valence-corrected chi connectivity index (χ4v) is 8.00. The van der Waals surface area contributed by atoms with Crippen LogP contribution < -0.4 is 0 Å². The zero-order chi connectivity index (χ0) is 37.0. The van der Waals surface area contributed by atoms with Crippen molar-refractivity contribution in [1.29, 1.82) is 0 Å². The fraction of sp³-hybridized carbons (Fsp3) is 0. The van der Waals surface area contributed by atoms with Crippen molar-refractivity contribution in [2.24, 2.45) is 0 Å². The monoisotopic (exact) mass is 716 g/mol. The first kappa shape index (κ1) is 31.9. The molecular weight excluding hydrogens is 685 g/mol. The first-order valence-corrected chi connectivity index (χ1v) is 18.8. The number of fused-ring (bicyclic) bond motifs is 6. The number of rotatable bonds is 6. The van der Waals surface area contributed by atoms with Crippen molar-refractivity contribution < 1.29 is 4.42 Å². The van der Waals surface area contributed by atoms with Crippen molar-refractivity contribution >= 4 is 43.7 Å². The second-order valence-electron chi connectivity index (χ2n) is 14.0. The van der Waals surface area contributed by atoms with Gasteiger partial charge in [-0.3, -0.25) is 0 Å². The van der Waals surface area contributed by atoms with Crippen LogP contribution in [0.15, 0.2) is 199 Å². The van der Waals surface area contributed by atoms with Crippen LogP contribution >= 0.6 is 0 Å². The molecule has 8 aromatic carbocycles. The van der Waals surface area contributed by atoms with E-state index in [0.717, 1.165) is 77.2 Å². The molecule has 0 N–H and O–H groups in total. The summed E-state index contributed by atoms with van der Waals surface area (Å²) in [5, 5.41) is 4.46. The molecule has 0 aliphatic carbocycles. The second-order valence-corrected chi connectivity index (χ2v) is 14.0. The maximum Gasteiger partial charge on any atom is 0.164 e. The van der Waals surface area contributed by atoms with E-state index in [-0.39, 0.29) is 0 Å². The summed E-state index contributed by atoms with van der Waals surface area (Å²) in [5.74, 6) is 1.92. The Labute approximate surface area is 322 Å². The molecule has 0 unspecified atom stereocenters. The summed E-state index contributed by atoms with van der Waals surface area (Å²) in [5.41, 5.74) is 12.5. The zero-order valence-corrected chi connectivity index (χ0v) is 30.2. The van der Waals surface area contributed by atoms with Gasteiger partial charge < -0.3 is 8.98 Å². The Hall–Kier alpha value is -7.63. The molecule has 0 saturated heterocycles. The molecule has 0 radical (unpaired) electrons. The van der Waals surface area contributed by atoms with E-state index in [1.165, 1.54) is 11.1 Å². The number of para-hydroxylation sites is 1. The summed E-state index contributed by atoms with van der Waals surface area (Å²) in [6.45, 7) is 0. The SMILES string of the molecule is c1ccc(-c2ccc(-c3cccc4oc5ccc(-n6c7ccccc7c7cc(-c8nc(-c9ccccc9)nc(-c9ccccc9)n8)ccc76)cc5c34)cc2)cc1. The normalized spacial score (nSPS) is 11.6. The lowest BCUT2D eigenvalue weighted by molar-refractivity contribution is 0.669. The van der Waals surface area contributed by atoms with Gasteiger partial charge in [0.1, 0.15) is 11.2 Å². The molecule has 0 amide bonds. The molecule has 0 bridgehead atoms. The minimum atomic E-state index is 0.632. The van der Waals surface area contributed by atoms with Gasteiger partial charge in [-0.25, -0.2) is 15.0 Å². The van der Waals surface area contributed by atoms with Gasteiger partial charge >= 0.3 is 0 Å². The van der Waals surface area contributed by atoms with Gasteiger partial charge in [0.25, 0.3) is 0 Å². The molecule has 0 atom stereocenters. The third-order valence-corrected chi connectivity index (χ3v) is 10.7. The molecule has 5 nitrogen and oxygen atoms in total. The molecular formula is C51H32N4O. The van der Waals surface area contributed by atoms with E-state index in [9.17, 15) is 0 Å². The van der Waals surface area contributed by atoms with Gasteiger partial charge in [0.15, 0.2) is 17.5 Å². The lowest BCUT2D eigenvalue weighted by atomic mass is 9.97. The molecule has 262 valence electrons. The van der Waals surface area contributed by atoms with Crippen LogP contribution in [0.3, 0.4) is 0 Å². The predicted molar refractivity (Wildman–Crippen MR) is 229 cm³/mol. The van der Waals surface area contributed by atoms with E-state index in [4.69, 9.17) is 19.4 Å². The smallest absolute Gasteiger partial charge is 0.164 e. The molecule has 0 saturated carbocycles. The van der Waals surface area contributed by atoms with E-state index in [1.54, 1.807) is 0 Å². The molecule has 3 aromatic heterocycles. The first-order chi connectivity index (χ1) is 27.7. The maximum absolute atomic E-state index is 6.47. The molecule has 56 heavy (non-hydrogen) atoms. The second kappa shape index (κ2) is 13.0. The summed E-state index contributed by atoms with van der Waals surface area (Å²) in [6.07, 6.45) is 0. The van der Waals surface area contributed by atoms with Crippen LogP contribution in [0.2, 0.25) is 0 Å². The largest absolute Gasteiger partial charge is 0.456 e. The Morgan fingerprint density at radius 2 is 0.893 bits per heavy atom. The Balaban J connectivity index is 1.06. The van der Waals surface area contributed by atoms with E-state index in [0.29, 0.717) is 17.5 Å². The highest BCUT2D eigenvalue weighted by atomic mass is 16.3. The van der Waals surface area contributed by atoms with Crippen LogP contribution in [-0.2, 0) is 0 Å². The van der Waals surface area contributed by atoms with Crippen LogP contribution in [0, 0.1) is 0 Å². The van der Waals surface area contributed by atoms with Gasteiger partial charge in [-0.1, -0.05) is 146 Å². The number of hydrogen-bond donors (Lipinski definition) is 0. The summed E-state index contributed by atoms with van der Waals surface area (Å²) in [6, 6.07) is 67.5. The average Bonchev–Trinajstić information content (AvgIpc) is 3.82. The van der Waals surface area contributed by atoms with Gasteiger partial charge in [-0.15, -0.1) is 0 Å². The summed E-state index contributed by atoms with van der Waals surface area (Å²) < 4.78 is 8.82. The van der Waals surface area contributed by atoms with Crippen molar-refractivity contribution in [3.8, 4) is 62.1 Å². The lowest BCUT2D eigenvalue weighted by Gasteiger charge is -2.10. The topological polar surface area (TPSA) is 56.7 Å². The van der Waals surface area contributed by atoms with E-state index in [2.05, 4.69) is 132 Å². The highest BCUT2D eigenvalue weighted by Gasteiger charge is 2.19. The van der Waals surface area contributed by atoms with Crippen molar-refractivity contribution in [3.05, 3.63) is 194 Å². The zero-order valence-electron chi connectivity index (χ0n) is 30.2. The molecule has 0 fully saturated rings. The van der Waals surface area contributed by atoms with E-state index in [1.807, 2.05) is 66.7 Å². The van der Waals surface area contributed by atoms with Gasteiger partial charge in [-0.2, -0.15) is 0 Å². The number of nitrogens with zero attached hydrogens (tertiary/aromatic N) is 4. The molecule has 11 aromatic rings. The van der Waals surface area contributed by atoms with Crippen LogP contribution in [0.1, 0.15) is 0 Å². The Bertz CT molecular complexity index is 3160. The standard InChI is InChI=1S/C51H32N4O/c1-4-13-33(14-5-1)34-23-25-35(26-24-34)40-20-12-22-47-48(40)43-32-39(28-30-46(43)56-47)55-44-21-11-10-19-41(44)42-31-38(27-29-45(42)55)51-53-49(36-15-6-2-7-16-36)52-50(54-51)37-17-8-3-9-18-37/h1-32H. The Morgan fingerprint density at radius 3 is 1.59 bits per heavy atom. The van der Waals surface area contributed by atoms with Gasteiger partial charge in [-0.05, 0) is 70.8 Å². The van der Waals surface area contributed by atoms with Gasteiger partial charge in [0.05, 0.1) is 11.0 Å². The quantitative estimate of drug-likeness (QED) is 0.172. The van der Waals surface area contributed by atoms with Gasteiger partial charge in [0.2, 0.25) is 0 Å². The molecule has 11 rings (SSSR count). The maximum atomic E-state index is 6.47.